The van der Waals surface area contributed by atoms with E-state index in [1.54, 1.807) is 0 Å². The van der Waals surface area contributed by atoms with E-state index in [4.69, 9.17) is 4.42 Å². The fourth-order valence-electron chi connectivity index (χ4n) is 2.50. The highest BCUT2D eigenvalue weighted by molar-refractivity contribution is 5.17. The molecule has 5 nitrogen and oxygen atoms in total. The summed E-state index contributed by atoms with van der Waals surface area (Å²) in [6.45, 7) is 5.95. The van der Waals surface area contributed by atoms with Crippen molar-refractivity contribution >= 4 is 6.01 Å². The Hall–Kier alpha value is -1.10. The molecule has 1 aromatic rings. The van der Waals surface area contributed by atoms with Gasteiger partial charge < -0.3 is 15.1 Å². The van der Waals surface area contributed by atoms with Gasteiger partial charge in [-0.3, -0.25) is 0 Å². The zero-order valence-corrected chi connectivity index (χ0v) is 11.4. The predicted molar refractivity (Wildman–Crippen MR) is 71.5 cm³/mol. The Morgan fingerprint density at radius 1 is 1.28 bits per heavy atom. The summed E-state index contributed by atoms with van der Waals surface area (Å²) < 4.78 is 5.59. The number of nitrogens with one attached hydrogen (secondary N) is 2. The first-order valence-corrected chi connectivity index (χ1v) is 7.10. The SMILES string of the molecule is CCNC(C)c1nnc(NCC2CCCCC2)o1. The summed E-state index contributed by atoms with van der Waals surface area (Å²) in [6.07, 6.45) is 6.75. The highest BCUT2D eigenvalue weighted by Gasteiger charge is 2.16. The van der Waals surface area contributed by atoms with E-state index in [2.05, 4.69) is 27.8 Å². The van der Waals surface area contributed by atoms with Crippen LogP contribution < -0.4 is 10.6 Å². The van der Waals surface area contributed by atoms with Crippen molar-refractivity contribution in [3.05, 3.63) is 5.89 Å². The van der Waals surface area contributed by atoms with E-state index in [9.17, 15) is 0 Å². The quantitative estimate of drug-likeness (QED) is 0.815. The molecule has 1 saturated carbocycles. The molecule has 1 fully saturated rings. The van der Waals surface area contributed by atoms with Gasteiger partial charge in [0.2, 0.25) is 5.89 Å². The maximum Gasteiger partial charge on any atom is 0.315 e. The highest BCUT2D eigenvalue weighted by Crippen LogP contribution is 2.24. The molecule has 1 aliphatic rings. The lowest BCUT2D eigenvalue weighted by molar-refractivity contribution is 0.368. The summed E-state index contributed by atoms with van der Waals surface area (Å²) in [4.78, 5) is 0. The van der Waals surface area contributed by atoms with Gasteiger partial charge in [0.25, 0.3) is 0 Å². The molecule has 0 spiro atoms. The fourth-order valence-corrected chi connectivity index (χ4v) is 2.50. The average Bonchev–Trinajstić information content (AvgIpc) is 2.87. The molecule has 0 aromatic carbocycles. The van der Waals surface area contributed by atoms with Crippen LogP contribution in [0.25, 0.3) is 0 Å². The molecule has 0 bridgehead atoms. The summed E-state index contributed by atoms with van der Waals surface area (Å²) in [5.74, 6) is 1.42. The number of rotatable bonds is 6. The van der Waals surface area contributed by atoms with Gasteiger partial charge in [0.05, 0.1) is 6.04 Å². The highest BCUT2D eigenvalue weighted by atomic mass is 16.4. The molecule has 1 heterocycles. The van der Waals surface area contributed by atoms with Gasteiger partial charge in [-0.05, 0) is 32.2 Å². The van der Waals surface area contributed by atoms with Gasteiger partial charge in [-0.15, -0.1) is 5.10 Å². The molecule has 5 heteroatoms. The van der Waals surface area contributed by atoms with E-state index in [1.807, 2.05) is 6.92 Å². The molecule has 18 heavy (non-hydrogen) atoms. The van der Waals surface area contributed by atoms with Crippen LogP contribution in [0.4, 0.5) is 6.01 Å². The number of nitrogens with zero attached hydrogens (tertiary/aromatic N) is 2. The van der Waals surface area contributed by atoms with Crippen LogP contribution in [-0.4, -0.2) is 23.3 Å². The standard InChI is InChI=1S/C13H24N4O/c1-3-14-10(2)12-16-17-13(18-12)15-9-11-7-5-4-6-8-11/h10-11,14H,3-9H2,1-2H3,(H,15,17). The Morgan fingerprint density at radius 2 is 2.06 bits per heavy atom. The monoisotopic (exact) mass is 252 g/mol. The van der Waals surface area contributed by atoms with Gasteiger partial charge in [0, 0.05) is 6.54 Å². The van der Waals surface area contributed by atoms with E-state index in [1.165, 1.54) is 32.1 Å². The lowest BCUT2D eigenvalue weighted by Gasteiger charge is -2.20. The summed E-state index contributed by atoms with van der Waals surface area (Å²) in [5, 5.41) is 14.6. The second-order valence-electron chi connectivity index (χ2n) is 5.11. The Kier molecular flexibility index (Phi) is 4.99. The molecule has 102 valence electrons. The molecule has 1 atom stereocenters. The molecule has 0 amide bonds. The van der Waals surface area contributed by atoms with Crippen LogP contribution in [0, 0.1) is 5.92 Å². The zero-order valence-electron chi connectivity index (χ0n) is 11.4. The average molecular weight is 252 g/mol. The number of hydrogen-bond acceptors (Lipinski definition) is 5. The minimum absolute atomic E-state index is 0.118. The summed E-state index contributed by atoms with van der Waals surface area (Å²) in [6, 6.07) is 0.674. The van der Waals surface area contributed by atoms with Gasteiger partial charge in [0.15, 0.2) is 0 Å². The van der Waals surface area contributed by atoms with Crippen LogP contribution in [-0.2, 0) is 0 Å². The van der Waals surface area contributed by atoms with Gasteiger partial charge in [-0.2, -0.15) is 0 Å². The number of hydrogen-bond donors (Lipinski definition) is 2. The normalized spacial score (nSPS) is 18.8. The maximum absolute atomic E-state index is 5.59. The predicted octanol–water partition coefficient (Wildman–Crippen LogP) is 2.73. The van der Waals surface area contributed by atoms with E-state index < -0.39 is 0 Å². The zero-order chi connectivity index (χ0) is 12.8. The second-order valence-corrected chi connectivity index (χ2v) is 5.11. The molecule has 0 saturated heterocycles. The maximum atomic E-state index is 5.59. The molecule has 2 rings (SSSR count). The van der Waals surface area contributed by atoms with Crippen LogP contribution in [0.1, 0.15) is 57.9 Å². The first-order chi connectivity index (χ1) is 8.79. The molecular weight excluding hydrogens is 228 g/mol. The first kappa shape index (κ1) is 13.3. The second kappa shape index (κ2) is 6.73. The van der Waals surface area contributed by atoms with Crippen molar-refractivity contribution < 1.29 is 4.42 Å². The minimum Gasteiger partial charge on any atom is -0.406 e. The van der Waals surface area contributed by atoms with Crippen molar-refractivity contribution in [3.8, 4) is 0 Å². The minimum atomic E-state index is 0.118. The lowest BCUT2D eigenvalue weighted by Crippen LogP contribution is -2.18. The van der Waals surface area contributed by atoms with Crippen molar-refractivity contribution in [2.75, 3.05) is 18.4 Å². The molecule has 1 unspecified atom stereocenters. The summed E-state index contributed by atoms with van der Waals surface area (Å²) >= 11 is 0. The van der Waals surface area contributed by atoms with E-state index in [-0.39, 0.29) is 6.04 Å². The summed E-state index contributed by atoms with van der Waals surface area (Å²) in [7, 11) is 0. The fraction of sp³-hybridized carbons (Fsp3) is 0.846. The van der Waals surface area contributed by atoms with Crippen LogP contribution in [0.2, 0.25) is 0 Å². The topological polar surface area (TPSA) is 63.0 Å². The third-order valence-electron chi connectivity index (χ3n) is 3.59. The third-order valence-corrected chi connectivity index (χ3v) is 3.59. The van der Waals surface area contributed by atoms with Crippen molar-refractivity contribution in [3.63, 3.8) is 0 Å². The number of anilines is 1. The Morgan fingerprint density at radius 3 is 2.78 bits per heavy atom. The van der Waals surface area contributed by atoms with Crippen LogP contribution in [0.15, 0.2) is 4.42 Å². The smallest absolute Gasteiger partial charge is 0.315 e. The summed E-state index contributed by atoms with van der Waals surface area (Å²) in [5.41, 5.74) is 0. The molecule has 0 aliphatic heterocycles. The van der Waals surface area contributed by atoms with Gasteiger partial charge >= 0.3 is 6.01 Å². The Bertz CT molecular complexity index is 347. The molecule has 2 N–H and O–H groups in total. The van der Waals surface area contributed by atoms with Crippen molar-refractivity contribution in [1.29, 1.82) is 0 Å². The van der Waals surface area contributed by atoms with Gasteiger partial charge in [-0.25, -0.2) is 0 Å². The largest absolute Gasteiger partial charge is 0.406 e. The van der Waals surface area contributed by atoms with Gasteiger partial charge in [-0.1, -0.05) is 31.3 Å². The Labute approximate surface area is 109 Å². The van der Waals surface area contributed by atoms with E-state index in [0.29, 0.717) is 11.9 Å². The lowest BCUT2D eigenvalue weighted by atomic mass is 9.89. The number of aromatic nitrogens is 2. The molecule has 0 radical (unpaired) electrons. The molecular formula is C13H24N4O. The van der Waals surface area contributed by atoms with Crippen molar-refractivity contribution in [2.24, 2.45) is 5.92 Å². The van der Waals surface area contributed by atoms with Crippen LogP contribution in [0.3, 0.4) is 0 Å². The first-order valence-electron chi connectivity index (χ1n) is 7.10. The van der Waals surface area contributed by atoms with Crippen molar-refractivity contribution in [2.45, 2.75) is 52.0 Å². The van der Waals surface area contributed by atoms with Crippen molar-refractivity contribution in [1.82, 2.24) is 15.5 Å². The molecule has 1 aromatic heterocycles. The Balaban J connectivity index is 1.79. The van der Waals surface area contributed by atoms with Crippen LogP contribution in [0.5, 0.6) is 0 Å². The van der Waals surface area contributed by atoms with Gasteiger partial charge in [0.1, 0.15) is 0 Å². The van der Waals surface area contributed by atoms with Crippen LogP contribution >= 0.6 is 0 Å². The van der Waals surface area contributed by atoms with E-state index >= 15 is 0 Å². The molecule has 1 aliphatic carbocycles. The third kappa shape index (κ3) is 3.70. The van der Waals surface area contributed by atoms with E-state index in [0.717, 1.165) is 19.0 Å².